The first-order chi connectivity index (χ1) is 28.4. The fraction of sp³-hybridized carbons (Fsp3) is 0.378. The molecular weight excluding hydrogens is 743 g/mol. The first-order valence-corrected chi connectivity index (χ1v) is 19.8. The van der Waals surface area contributed by atoms with Crippen LogP contribution in [-0.4, -0.2) is 58.9 Å². The number of ether oxygens (including phenoxy) is 4. The highest BCUT2D eigenvalue weighted by atomic mass is 16.5. The van der Waals surface area contributed by atoms with Gasteiger partial charge in [-0.1, -0.05) is 49.7 Å². The third kappa shape index (κ3) is 10.3. The van der Waals surface area contributed by atoms with Gasteiger partial charge in [-0.05, 0) is 95.8 Å². The largest absolute Gasteiger partial charge is 0.497 e. The molecule has 6 N–H and O–H groups in total. The molecule has 1 atom stereocenters. The fourth-order valence-corrected chi connectivity index (χ4v) is 7.12. The van der Waals surface area contributed by atoms with E-state index in [0.717, 1.165) is 68.2 Å². The molecule has 6 rings (SSSR count). The highest BCUT2D eigenvalue weighted by molar-refractivity contribution is 6.02. The van der Waals surface area contributed by atoms with Crippen molar-refractivity contribution in [2.45, 2.75) is 84.0 Å². The summed E-state index contributed by atoms with van der Waals surface area (Å²) in [6, 6.07) is 21.8. The van der Waals surface area contributed by atoms with E-state index < -0.39 is 6.17 Å². The Balaban J connectivity index is 0.878. The first-order valence-electron chi connectivity index (χ1n) is 19.8. The van der Waals surface area contributed by atoms with Crippen LogP contribution in [0.3, 0.4) is 0 Å². The van der Waals surface area contributed by atoms with Crippen molar-refractivity contribution >= 4 is 11.6 Å². The van der Waals surface area contributed by atoms with E-state index in [1.54, 1.807) is 38.5 Å². The number of methoxy groups -OCH3 is 2. The third-order valence-electron chi connectivity index (χ3n) is 10.4. The number of aromatic nitrogens is 1. The van der Waals surface area contributed by atoms with Crippen molar-refractivity contribution in [1.82, 2.24) is 10.5 Å². The van der Waals surface area contributed by atoms with E-state index >= 15 is 0 Å². The molecule has 5 aromatic rings. The molecule has 1 unspecified atom stereocenters. The van der Waals surface area contributed by atoms with Crippen molar-refractivity contribution in [3.63, 3.8) is 0 Å². The van der Waals surface area contributed by atoms with Crippen molar-refractivity contribution in [1.29, 1.82) is 0 Å². The maximum Gasteiger partial charge on any atom is 0.255 e. The van der Waals surface area contributed by atoms with E-state index in [4.69, 9.17) is 23.5 Å². The van der Waals surface area contributed by atoms with Gasteiger partial charge in [-0.2, -0.15) is 0 Å². The van der Waals surface area contributed by atoms with Crippen LogP contribution in [0.2, 0.25) is 0 Å². The number of carbonyl (C=O) groups is 1. The summed E-state index contributed by atoms with van der Waals surface area (Å²) in [6.45, 7) is 0.110. The standard InChI is InChI=1S/C45H53N3O10/c1-54-35-13-14-38-36(23-35)45(53)47-44(46-38)30-12-15-40(34(19-30)27-51)56-17-9-7-5-3-4-6-8-10-18-57-43-22-29(11-16-41(43)55-2)42-24-39(48-58-42)31-20-32(25-49)37(28-52)33(21-31)26-50/h11-16,19-24,44,46,49-52H,3-10,17-18,25-28H2,1-2H3,(H,47,53). The second kappa shape index (κ2) is 20.7. The summed E-state index contributed by atoms with van der Waals surface area (Å²) in [4.78, 5) is 12.8. The second-order valence-corrected chi connectivity index (χ2v) is 14.2. The fourth-order valence-electron chi connectivity index (χ4n) is 7.12. The average Bonchev–Trinajstić information content (AvgIpc) is 3.76. The summed E-state index contributed by atoms with van der Waals surface area (Å²) in [5.41, 5.74) is 6.26. The zero-order chi connectivity index (χ0) is 40.9. The molecule has 1 amide bonds. The molecule has 1 aliphatic rings. The Morgan fingerprint density at radius 1 is 0.621 bits per heavy atom. The smallest absolute Gasteiger partial charge is 0.255 e. The van der Waals surface area contributed by atoms with Gasteiger partial charge in [0.15, 0.2) is 17.3 Å². The highest BCUT2D eigenvalue weighted by Gasteiger charge is 2.26. The second-order valence-electron chi connectivity index (χ2n) is 14.2. The zero-order valence-electron chi connectivity index (χ0n) is 33.1. The molecule has 0 aliphatic carbocycles. The Morgan fingerprint density at radius 2 is 1.28 bits per heavy atom. The molecule has 1 aromatic heterocycles. The third-order valence-corrected chi connectivity index (χ3v) is 10.4. The summed E-state index contributed by atoms with van der Waals surface area (Å²) in [6.07, 6.45) is 8.06. The van der Waals surface area contributed by atoms with Gasteiger partial charge in [0.05, 0.1) is 59.4 Å². The van der Waals surface area contributed by atoms with Crippen LogP contribution in [-0.2, 0) is 26.4 Å². The minimum Gasteiger partial charge on any atom is -0.497 e. The number of amides is 1. The number of nitrogens with zero attached hydrogens (tertiary/aromatic N) is 1. The normalized spacial score (nSPS) is 13.4. The summed E-state index contributed by atoms with van der Waals surface area (Å²) >= 11 is 0. The molecule has 58 heavy (non-hydrogen) atoms. The first kappa shape index (κ1) is 42.0. The van der Waals surface area contributed by atoms with Crippen LogP contribution < -0.4 is 29.6 Å². The van der Waals surface area contributed by atoms with Crippen LogP contribution in [0, 0.1) is 0 Å². The Labute approximate surface area is 338 Å². The molecule has 4 aromatic carbocycles. The van der Waals surface area contributed by atoms with Crippen LogP contribution in [0.5, 0.6) is 23.0 Å². The number of anilines is 1. The van der Waals surface area contributed by atoms with Gasteiger partial charge in [-0.3, -0.25) is 4.79 Å². The molecule has 308 valence electrons. The molecule has 0 radical (unpaired) electrons. The van der Waals surface area contributed by atoms with Gasteiger partial charge in [0.2, 0.25) is 0 Å². The minimum absolute atomic E-state index is 0.169. The van der Waals surface area contributed by atoms with Gasteiger partial charge < -0.3 is 54.5 Å². The Hall–Kier alpha value is -5.60. The Bertz CT molecular complexity index is 2110. The number of unbranched alkanes of at least 4 members (excludes halogenated alkanes) is 7. The van der Waals surface area contributed by atoms with Crippen molar-refractivity contribution < 1.29 is 48.7 Å². The summed E-state index contributed by atoms with van der Waals surface area (Å²) in [5.74, 6) is 2.83. The number of nitrogens with one attached hydrogen (secondary N) is 2. The maximum absolute atomic E-state index is 12.8. The lowest BCUT2D eigenvalue weighted by molar-refractivity contribution is 0.0935. The number of aliphatic hydroxyl groups excluding tert-OH is 4. The topological polar surface area (TPSA) is 185 Å². The van der Waals surface area contributed by atoms with Crippen LogP contribution in [0.1, 0.15) is 95.7 Å². The predicted molar refractivity (Wildman–Crippen MR) is 219 cm³/mol. The summed E-state index contributed by atoms with van der Waals surface area (Å²) < 4.78 is 28.6. The van der Waals surface area contributed by atoms with Crippen molar-refractivity contribution in [2.24, 2.45) is 0 Å². The molecule has 13 heteroatoms. The average molecular weight is 796 g/mol. The van der Waals surface area contributed by atoms with Gasteiger partial charge in [-0.25, -0.2) is 0 Å². The number of carbonyl (C=O) groups excluding carboxylic acids is 1. The highest BCUT2D eigenvalue weighted by Crippen LogP contribution is 2.36. The van der Waals surface area contributed by atoms with Crippen molar-refractivity contribution in [3.05, 3.63) is 106 Å². The van der Waals surface area contributed by atoms with Crippen LogP contribution in [0.25, 0.3) is 22.6 Å². The Morgan fingerprint density at radius 3 is 1.91 bits per heavy atom. The lowest BCUT2D eigenvalue weighted by Gasteiger charge is -2.29. The lowest BCUT2D eigenvalue weighted by Crippen LogP contribution is -2.38. The van der Waals surface area contributed by atoms with Gasteiger partial charge >= 0.3 is 0 Å². The van der Waals surface area contributed by atoms with E-state index in [2.05, 4.69) is 15.8 Å². The van der Waals surface area contributed by atoms with E-state index in [0.29, 0.717) is 81.0 Å². The van der Waals surface area contributed by atoms with E-state index in [1.165, 1.54) is 0 Å². The van der Waals surface area contributed by atoms with Crippen LogP contribution in [0.15, 0.2) is 77.3 Å². The monoisotopic (exact) mass is 795 g/mol. The number of aliphatic hydroxyl groups is 4. The quantitative estimate of drug-likeness (QED) is 0.0382. The molecule has 0 bridgehead atoms. The maximum atomic E-state index is 12.8. The molecular formula is C45H53N3O10. The van der Waals surface area contributed by atoms with Crippen LogP contribution in [0.4, 0.5) is 5.69 Å². The number of rotatable bonds is 22. The lowest BCUT2D eigenvalue weighted by atomic mass is 9.97. The molecule has 2 heterocycles. The van der Waals surface area contributed by atoms with Gasteiger partial charge in [0.1, 0.15) is 23.4 Å². The van der Waals surface area contributed by atoms with E-state index in [-0.39, 0.29) is 32.3 Å². The Kier molecular flexibility index (Phi) is 15.0. The SMILES string of the molecule is COc1ccc2c(c1)C(=O)NC(c1ccc(OCCCCCCCCCCOc3cc(-c4cc(-c5cc(CO)c(CO)c(CO)c5)no4)ccc3OC)c(CO)c1)N2. The van der Waals surface area contributed by atoms with Crippen molar-refractivity contribution in [3.8, 4) is 45.6 Å². The van der Waals surface area contributed by atoms with E-state index in [9.17, 15) is 25.2 Å². The molecule has 13 nitrogen and oxygen atoms in total. The van der Waals surface area contributed by atoms with Crippen LogP contribution >= 0.6 is 0 Å². The minimum atomic E-state index is -0.432. The predicted octanol–water partition coefficient (Wildman–Crippen LogP) is 7.43. The molecule has 0 saturated carbocycles. The molecule has 0 saturated heterocycles. The number of fused-ring (bicyclic) bond motifs is 1. The van der Waals surface area contributed by atoms with Gasteiger partial charge in [0, 0.05) is 28.4 Å². The number of benzene rings is 4. The van der Waals surface area contributed by atoms with Crippen molar-refractivity contribution in [2.75, 3.05) is 32.8 Å². The van der Waals surface area contributed by atoms with E-state index in [1.807, 2.05) is 48.5 Å². The molecule has 0 spiro atoms. The summed E-state index contributed by atoms with van der Waals surface area (Å²) in [5, 5.41) is 49.9. The molecule has 0 fully saturated rings. The van der Waals surface area contributed by atoms with Gasteiger partial charge in [0.25, 0.3) is 5.91 Å². The number of hydrogen-bond donors (Lipinski definition) is 6. The van der Waals surface area contributed by atoms with Gasteiger partial charge in [-0.15, -0.1) is 0 Å². The zero-order valence-corrected chi connectivity index (χ0v) is 33.1. The summed E-state index contributed by atoms with van der Waals surface area (Å²) in [7, 11) is 3.17. The number of hydrogen-bond acceptors (Lipinski definition) is 12. The molecule has 1 aliphatic heterocycles.